The molecule has 0 saturated carbocycles. The normalized spacial score (nSPS) is 10.4. The number of aromatic nitrogens is 1. The number of rotatable bonds is 7. The summed E-state index contributed by atoms with van der Waals surface area (Å²) in [5.41, 5.74) is 1.22. The van der Waals surface area contributed by atoms with Crippen LogP contribution in [-0.4, -0.2) is 50.1 Å². The van der Waals surface area contributed by atoms with Crippen LogP contribution in [0.5, 0.6) is 5.75 Å². The van der Waals surface area contributed by atoms with Gasteiger partial charge in [-0.1, -0.05) is 0 Å². The van der Waals surface area contributed by atoms with Gasteiger partial charge in [0.2, 0.25) is 0 Å². The number of carbonyl (C=O) groups excluding carboxylic acids is 1. The largest absolute Gasteiger partial charge is 0.497 e. The number of nitrogens with zero attached hydrogens (tertiary/aromatic N) is 2. The maximum Gasteiger partial charge on any atom is 0.257 e. The number of amides is 1. The first-order chi connectivity index (χ1) is 11.1. The van der Waals surface area contributed by atoms with E-state index in [2.05, 4.69) is 20.5 Å². The number of methoxy groups -OCH3 is 1. The molecule has 0 aliphatic heterocycles. The topological polar surface area (TPSA) is 66.5 Å². The van der Waals surface area contributed by atoms with Gasteiger partial charge >= 0.3 is 0 Å². The monoisotopic (exact) mass is 314 g/mol. The molecule has 0 bridgehead atoms. The van der Waals surface area contributed by atoms with Crippen LogP contribution in [0.25, 0.3) is 0 Å². The smallest absolute Gasteiger partial charge is 0.257 e. The van der Waals surface area contributed by atoms with E-state index in [-0.39, 0.29) is 5.91 Å². The zero-order valence-electron chi connectivity index (χ0n) is 13.7. The molecule has 0 radical (unpaired) electrons. The van der Waals surface area contributed by atoms with Crippen LogP contribution < -0.4 is 15.4 Å². The summed E-state index contributed by atoms with van der Waals surface area (Å²) in [6.07, 6.45) is 1.57. The van der Waals surface area contributed by atoms with E-state index >= 15 is 0 Å². The van der Waals surface area contributed by atoms with Crippen molar-refractivity contribution in [1.82, 2.24) is 9.88 Å². The summed E-state index contributed by atoms with van der Waals surface area (Å²) in [6, 6.07) is 10.7. The number of anilines is 2. The number of hydrogen-bond acceptors (Lipinski definition) is 5. The first-order valence-electron chi connectivity index (χ1n) is 7.38. The fourth-order valence-electron chi connectivity index (χ4n) is 1.92. The van der Waals surface area contributed by atoms with Gasteiger partial charge in [-0.2, -0.15) is 0 Å². The molecule has 122 valence electrons. The molecule has 2 rings (SSSR count). The molecule has 1 amide bonds. The molecular weight excluding hydrogens is 292 g/mol. The summed E-state index contributed by atoms with van der Waals surface area (Å²) in [4.78, 5) is 18.5. The van der Waals surface area contributed by atoms with E-state index in [9.17, 15) is 4.79 Å². The van der Waals surface area contributed by atoms with Crippen LogP contribution in [0.2, 0.25) is 0 Å². The Labute approximate surface area is 136 Å². The van der Waals surface area contributed by atoms with Crippen molar-refractivity contribution in [2.45, 2.75) is 0 Å². The van der Waals surface area contributed by atoms with E-state index in [0.717, 1.165) is 24.7 Å². The van der Waals surface area contributed by atoms with Crippen molar-refractivity contribution >= 4 is 17.4 Å². The lowest BCUT2D eigenvalue weighted by molar-refractivity contribution is 0.102. The fraction of sp³-hybridized carbons (Fsp3) is 0.294. The second-order valence-electron chi connectivity index (χ2n) is 5.34. The molecule has 1 heterocycles. The molecule has 6 nitrogen and oxygen atoms in total. The number of hydrogen-bond donors (Lipinski definition) is 2. The summed E-state index contributed by atoms with van der Waals surface area (Å²) in [5.74, 6) is 1.31. The quantitative estimate of drug-likeness (QED) is 0.821. The number of pyridine rings is 1. The third-order valence-corrected chi connectivity index (χ3v) is 3.24. The van der Waals surface area contributed by atoms with E-state index in [0.29, 0.717) is 11.3 Å². The first kappa shape index (κ1) is 16.8. The molecule has 0 unspecified atom stereocenters. The lowest BCUT2D eigenvalue weighted by atomic mass is 10.2. The van der Waals surface area contributed by atoms with E-state index in [1.54, 1.807) is 49.7 Å². The Morgan fingerprint density at radius 2 is 1.91 bits per heavy atom. The Morgan fingerprint density at radius 1 is 1.17 bits per heavy atom. The molecule has 0 saturated heterocycles. The Morgan fingerprint density at radius 3 is 2.48 bits per heavy atom. The van der Waals surface area contributed by atoms with Crippen molar-refractivity contribution in [3.05, 3.63) is 48.2 Å². The fourth-order valence-corrected chi connectivity index (χ4v) is 1.92. The standard InChI is InChI=1S/C17H22N4O2/c1-21(2)11-10-18-16-9-4-13(12-19-16)17(22)20-14-5-7-15(23-3)8-6-14/h4-9,12H,10-11H2,1-3H3,(H,18,19)(H,20,22). The molecule has 0 aliphatic carbocycles. The van der Waals surface area contributed by atoms with E-state index in [1.807, 2.05) is 14.1 Å². The minimum Gasteiger partial charge on any atom is -0.497 e. The summed E-state index contributed by atoms with van der Waals surface area (Å²) in [5, 5.41) is 6.03. The highest BCUT2D eigenvalue weighted by molar-refractivity contribution is 6.04. The minimum atomic E-state index is -0.192. The van der Waals surface area contributed by atoms with E-state index in [1.165, 1.54) is 0 Å². The Hall–Kier alpha value is -2.60. The molecule has 2 aromatic rings. The zero-order valence-corrected chi connectivity index (χ0v) is 13.7. The molecule has 23 heavy (non-hydrogen) atoms. The summed E-state index contributed by atoms with van der Waals surface area (Å²) in [7, 11) is 5.64. The average Bonchev–Trinajstić information content (AvgIpc) is 2.56. The van der Waals surface area contributed by atoms with Gasteiger partial charge in [0.25, 0.3) is 5.91 Å². The van der Waals surface area contributed by atoms with Gasteiger partial charge in [0.1, 0.15) is 11.6 Å². The van der Waals surface area contributed by atoms with Gasteiger partial charge in [0, 0.05) is 25.0 Å². The lowest BCUT2D eigenvalue weighted by Gasteiger charge is -2.11. The van der Waals surface area contributed by atoms with Gasteiger partial charge in [-0.15, -0.1) is 0 Å². The van der Waals surface area contributed by atoms with Crippen LogP contribution in [0.15, 0.2) is 42.6 Å². The zero-order chi connectivity index (χ0) is 16.7. The van der Waals surface area contributed by atoms with Crippen molar-refractivity contribution in [2.75, 3.05) is 44.9 Å². The predicted octanol–water partition coefficient (Wildman–Crippen LogP) is 2.32. The predicted molar refractivity (Wildman–Crippen MR) is 92.2 cm³/mol. The Balaban J connectivity index is 1.91. The van der Waals surface area contributed by atoms with Gasteiger partial charge in [0.05, 0.1) is 12.7 Å². The molecule has 0 aliphatic rings. The molecule has 1 aromatic heterocycles. The third-order valence-electron chi connectivity index (χ3n) is 3.24. The second kappa shape index (κ2) is 8.14. The third kappa shape index (κ3) is 5.27. The highest BCUT2D eigenvalue weighted by Crippen LogP contribution is 2.16. The van der Waals surface area contributed by atoms with Crippen LogP contribution in [0, 0.1) is 0 Å². The summed E-state index contributed by atoms with van der Waals surface area (Å²) >= 11 is 0. The first-order valence-corrected chi connectivity index (χ1v) is 7.38. The van der Waals surface area contributed by atoms with Gasteiger partial charge in [0.15, 0.2) is 0 Å². The van der Waals surface area contributed by atoms with Crippen LogP contribution in [0.4, 0.5) is 11.5 Å². The van der Waals surface area contributed by atoms with Gasteiger partial charge in [-0.05, 0) is 50.5 Å². The summed E-state index contributed by atoms with van der Waals surface area (Å²) < 4.78 is 5.09. The number of nitrogens with one attached hydrogen (secondary N) is 2. The number of benzene rings is 1. The van der Waals surface area contributed by atoms with Crippen molar-refractivity contribution in [3.63, 3.8) is 0 Å². The lowest BCUT2D eigenvalue weighted by Crippen LogP contribution is -2.21. The molecular formula is C17H22N4O2. The molecule has 2 N–H and O–H groups in total. The molecule has 1 aromatic carbocycles. The highest BCUT2D eigenvalue weighted by Gasteiger charge is 2.07. The Kier molecular flexibility index (Phi) is 5.94. The number of likely N-dealkylation sites (N-methyl/N-ethyl adjacent to an activating group) is 1. The molecule has 0 spiro atoms. The number of carbonyl (C=O) groups is 1. The van der Waals surface area contributed by atoms with Crippen molar-refractivity contribution in [3.8, 4) is 5.75 Å². The SMILES string of the molecule is COc1ccc(NC(=O)c2ccc(NCCN(C)C)nc2)cc1. The number of ether oxygens (including phenoxy) is 1. The van der Waals surface area contributed by atoms with Gasteiger partial charge in [-0.25, -0.2) is 4.98 Å². The highest BCUT2D eigenvalue weighted by atomic mass is 16.5. The maximum absolute atomic E-state index is 12.2. The molecule has 0 fully saturated rings. The maximum atomic E-state index is 12.2. The molecule has 6 heteroatoms. The van der Waals surface area contributed by atoms with Gasteiger partial charge in [-0.3, -0.25) is 4.79 Å². The van der Waals surface area contributed by atoms with Crippen LogP contribution >= 0.6 is 0 Å². The van der Waals surface area contributed by atoms with Crippen molar-refractivity contribution in [2.24, 2.45) is 0 Å². The van der Waals surface area contributed by atoms with Crippen LogP contribution in [0.1, 0.15) is 10.4 Å². The molecule has 0 atom stereocenters. The average molecular weight is 314 g/mol. The summed E-state index contributed by atoms with van der Waals surface area (Å²) in [6.45, 7) is 1.72. The van der Waals surface area contributed by atoms with Crippen LogP contribution in [0.3, 0.4) is 0 Å². The van der Waals surface area contributed by atoms with Gasteiger partial charge < -0.3 is 20.3 Å². The van der Waals surface area contributed by atoms with E-state index in [4.69, 9.17) is 4.74 Å². The minimum absolute atomic E-state index is 0.192. The second-order valence-corrected chi connectivity index (χ2v) is 5.34. The Bertz CT molecular complexity index is 624. The van der Waals surface area contributed by atoms with Crippen molar-refractivity contribution < 1.29 is 9.53 Å². The van der Waals surface area contributed by atoms with Crippen LogP contribution in [-0.2, 0) is 0 Å². The van der Waals surface area contributed by atoms with Crippen molar-refractivity contribution in [1.29, 1.82) is 0 Å². The van der Waals surface area contributed by atoms with E-state index < -0.39 is 0 Å².